The van der Waals surface area contributed by atoms with Crippen LogP contribution in [0, 0.1) is 0 Å². The van der Waals surface area contributed by atoms with Gasteiger partial charge in [-0.05, 0) is 25.0 Å². The number of hydrogen-bond donors (Lipinski definition) is 2. The molecule has 1 saturated heterocycles. The quantitative estimate of drug-likeness (QED) is 0.192. The second-order valence-electron chi connectivity index (χ2n) is 11.4. The topological polar surface area (TPSA) is 91.1 Å². The molecule has 2 aromatic heterocycles. The Kier molecular flexibility index (Phi) is 9.12. The predicted molar refractivity (Wildman–Crippen MR) is 152 cm³/mol. The first-order valence-corrected chi connectivity index (χ1v) is 15.0. The van der Waals surface area contributed by atoms with Gasteiger partial charge in [0.25, 0.3) is 0 Å². The van der Waals surface area contributed by atoms with Crippen LogP contribution in [0.1, 0.15) is 87.7 Å². The summed E-state index contributed by atoms with van der Waals surface area (Å²) in [7, 11) is 0. The average molecular weight is 537 g/mol. The van der Waals surface area contributed by atoms with E-state index in [1.54, 1.807) is 4.57 Å². The molecule has 3 aliphatic rings. The first-order chi connectivity index (χ1) is 19.0. The number of aromatic hydroxyl groups is 2. The number of unbranched alkanes of at least 4 members (excludes halogenated alkanes) is 6. The number of hydrogen-bond acceptors (Lipinski definition) is 7. The summed E-state index contributed by atoms with van der Waals surface area (Å²) in [6.07, 6.45) is 15.0. The summed E-state index contributed by atoms with van der Waals surface area (Å²) >= 11 is 0. The SMILES string of the molecule is CCCCCCCCCC(=O)OC(CN1CCN(c2ccccn2)CC1)Cn1c(O)c2c(c1O)C1C=CC2C1. The normalized spacial score (nSPS) is 20.9. The van der Waals surface area contributed by atoms with E-state index in [0.29, 0.717) is 13.0 Å². The number of pyridine rings is 1. The van der Waals surface area contributed by atoms with Crippen LogP contribution in [0.3, 0.4) is 0 Å². The summed E-state index contributed by atoms with van der Waals surface area (Å²) in [5, 5.41) is 22.1. The number of esters is 1. The molecule has 2 bridgehead atoms. The van der Waals surface area contributed by atoms with Gasteiger partial charge in [-0.25, -0.2) is 4.98 Å². The zero-order chi connectivity index (χ0) is 27.2. The van der Waals surface area contributed by atoms with E-state index in [1.165, 1.54) is 25.7 Å². The molecule has 0 amide bonds. The molecule has 3 heterocycles. The van der Waals surface area contributed by atoms with Crippen LogP contribution in [0.4, 0.5) is 5.82 Å². The number of aromatic nitrogens is 2. The standard InChI is InChI=1S/C31H44N4O4/c1-2-3-4-5-6-7-8-12-27(36)39-25(21-33-16-18-34(19-17-33)26-11-9-10-15-32-26)22-35-30(37)28-23-13-14-24(20-23)29(28)31(35)38/h9-11,13-15,23-25,37-38H,2-8,12,16-22H2,1H3. The molecule has 212 valence electrons. The summed E-state index contributed by atoms with van der Waals surface area (Å²) < 4.78 is 7.59. The van der Waals surface area contributed by atoms with Gasteiger partial charge in [0, 0.05) is 68.3 Å². The lowest BCUT2D eigenvalue weighted by Gasteiger charge is -2.37. The minimum Gasteiger partial charge on any atom is -0.494 e. The van der Waals surface area contributed by atoms with Crippen LogP contribution >= 0.6 is 0 Å². The van der Waals surface area contributed by atoms with Crippen molar-refractivity contribution in [2.75, 3.05) is 37.6 Å². The number of rotatable bonds is 14. The van der Waals surface area contributed by atoms with Crippen LogP contribution in [0.25, 0.3) is 0 Å². The molecule has 5 rings (SSSR count). The third kappa shape index (κ3) is 6.43. The number of piperazine rings is 1. The fourth-order valence-corrected chi connectivity index (χ4v) is 6.46. The number of allylic oxidation sites excluding steroid dienone is 2. The van der Waals surface area contributed by atoms with Crippen molar-refractivity contribution in [3.63, 3.8) is 0 Å². The maximum atomic E-state index is 12.9. The second kappa shape index (κ2) is 12.9. The number of fused-ring (bicyclic) bond motifs is 5. The van der Waals surface area contributed by atoms with Gasteiger partial charge in [0.05, 0.1) is 6.54 Å². The van der Waals surface area contributed by atoms with E-state index in [9.17, 15) is 15.0 Å². The molecule has 3 unspecified atom stereocenters. The smallest absolute Gasteiger partial charge is 0.306 e. The molecular formula is C31H44N4O4. The summed E-state index contributed by atoms with van der Waals surface area (Å²) in [6, 6.07) is 5.96. The van der Waals surface area contributed by atoms with Crippen molar-refractivity contribution in [1.29, 1.82) is 0 Å². The van der Waals surface area contributed by atoms with Gasteiger partial charge in [-0.2, -0.15) is 0 Å². The molecular weight excluding hydrogens is 492 g/mol. The Morgan fingerprint density at radius 2 is 1.62 bits per heavy atom. The van der Waals surface area contributed by atoms with Crippen LogP contribution in [-0.2, 0) is 16.1 Å². The summed E-state index contributed by atoms with van der Waals surface area (Å²) in [5.74, 6) is 1.35. The Bertz CT molecular complexity index is 1090. The zero-order valence-electron chi connectivity index (χ0n) is 23.3. The first kappa shape index (κ1) is 27.6. The van der Waals surface area contributed by atoms with E-state index in [-0.39, 0.29) is 36.1 Å². The molecule has 2 N–H and O–H groups in total. The van der Waals surface area contributed by atoms with Gasteiger partial charge >= 0.3 is 5.97 Å². The fraction of sp³-hybridized carbons (Fsp3) is 0.613. The van der Waals surface area contributed by atoms with Gasteiger partial charge in [0.2, 0.25) is 0 Å². The Balaban J connectivity index is 1.20. The van der Waals surface area contributed by atoms with Crippen LogP contribution in [0.15, 0.2) is 36.5 Å². The van der Waals surface area contributed by atoms with Gasteiger partial charge < -0.3 is 19.8 Å². The Morgan fingerprint density at radius 3 is 2.26 bits per heavy atom. The average Bonchev–Trinajstić information content (AvgIpc) is 3.64. The molecule has 0 saturated carbocycles. The molecule has 8 heteroatoms. The van der Waals surface area contributed by atoms with Gasteiger partial charge in [0.1, 0.15) is 11.9 Å². The minimum absolute atomic E-state index is 0.118. The Morgan fingerprint density at radius 1 is 0.949 bits per heavy atom. The number of anilines is 1. The van der Waals surface area contributed by atoms with Crippen LogP contribution < -0.4 is 4.90 Å². The maximum absolute atomic E-state index is 12.9. The van der Waals surface area contributed by atoms with Crippen molar-refractivity contribution in [3.05, 3.63) is 47.7 Å². The minimum atomic E-state index is -0.460. The zero-order valence-corrected chi connectivity index (χ0v) is 23.3. The summed E-state index contributed by atoms with van der Waals surface area (Å²) in [4.78, 5) is 21.9. The van der Waals surface area contributed by atoms with Gasteiger partial charge in [-0.3, -0.25) is 14.3 Å². The maximum Gasteiger partial charge on any atom is 0.306 e. The van der Waals surface area contributed by atoms with E-state index in [1.807, 2.05) is 24.4 Å². The molecule has 2 aromatic rings. The lowest BCUT2D eigenvalue weighted by molar-refractivity contribution is -0.151. The number of nitrogens with zero attached hydrogens (tertiary/aromatic N) is 4. The van der Waals surface area contributed by atoms with Crippen molar-refractivity contribution < 1.29 is 19.7 Å². The van der Waals surface area contributed by atoms with Crippen molar-refractivity contribution in [2.45, 2.75) is 89.2 Å². The van der Waals surface area contributed by atoms with Crippen molar-refractivity contribution in [2.24, 2.45) is 0 Å². The summed E-state index contributed by atoms with van der Waals surface area (Å²) in [5.41, 5.74) is 1.69. The lowest BCUT2D eigenvalue weighted by atomic mass is 10.0. The fourth-order valence-electron chi connectivity index (χ4n) is 6.46. The third-order valence-electron chi connectivity index (χ3n) is 8.58. The van der Waals surface area contributed by atoms with Crippen molar-refractivity contribution in [1.82, 2.24) is 14.5 Å². The monoisotopic (exact) mass is 536 g/mol. The van der Waals surface area contributed by atoms with Gasteiger partial charge in [-0.15, -0.1) is 0 Å². The number of ether oxygens (including phenoxy) is 1. The van der Waals surface area contributed by atoms with E-state index >= 15 is 0 Å². The van der Waals surface area contributed by atoms with Crippen LogP contribution in [0.2, 0.25) is 0 Å². The largest absolute Gasteiger partial charge is 0.494 e. The van der Waals surface area contributed by atoms with Crippen LogP contribution in [0.5, 0.6) is 11.8 Å². The number of carbonyl (C=O) groups is 1. The first-order valence-electron chi connectivity index (χ1n) is 15.0. The number of carbonyl (C=O) groups excluding carboxylic acids is 1. The van der Waals surface area contributed by atoms with E-state index in [0.717, 1.165) is 68.8 Å². The molecule has 0 spiro atoms. The molecule has 2 aliphatic carbocycles. The molecule has 1 aliphatic heterocycles. The van der Waals surface area contributed by atoms with E-state index < -0.39 is 6.10 Å². The van der Waals surface area contributed by atoms with E-state index in [2.05, 4.69) is 33.9 Å². The van der Waals surface area contributed by atoms with Gasteiger partial charge in [-0.1, -0.05) is 63.7 Å². The molecule has 0 radical (unpaired) electrons. The highest BCUT2D eigenvalue weighted by molar-refractivity contribution is 5.69. The van der Waals surface area contributed by atoms with Crippen molar-refractivity contribution >= 4 is 11.8 Å². The lowest BCUT2D eigenvalue weighted by Crippen LogP contribution is -2.49. The second-order valence-corrected chi connectivity index (χ2v) is 11.4. The van der Waals surface area contributed by atoms with Gasteiger partial charge in [0.15, 0.2) is 11.8 Å². The van der Waals surface area contributed by atoms with Crippen molar-refractivity contribution in [3.8, 4) is 11.8 Å². The molecule has 1 fully saturated rings. The Hall–Kier alpha value is -3.00. The highest BCUT2D eigenvalue weighted by atomic mass is 16.5. The highest BCUT2D eigenvalue weighted by Crippen LogP contribution is 2.56. The van der Waals surface area contributed by atoms with E-state index in [4.69, 9.17) is 4.74 Å². The highest BCUT2D eigenvalue weighted by Gasteiger charge is 2.41. The predicted octanol–water partition coefficient (Wildman–Crippen LogP) is 5.31. The summed E-state index contributed by atoms with van der Waals surface area (Å²) in [6.45, 7) is 6.37. The van der Waals surface area contributed by atoms with Crippen LogP contribution in [-0.4, -0.2) is 69.5 Å². The molecule has 8 nitrogen and oxygen atoms in total. The molecule has 39 heavy (non-hydrogen) atoms. The third-order valence-corrected chi connectivity index (χ3v) is 8.58. The molecule has 3 atom stereocenters. The Labute approximate surface area is 232 Å². The molecule has 0 aromatic carbocycles.